The molecule has 0 heterocycles. The molecule has 1 aromatic carbocycles. The molecule has 0 aliphatic rings. The van der Waals surface area contributed by atoms with Crippen molar-refractivity contribution in [3.63, 3.8) is 0 Å². The van der Waals surface area contributed by atoms with Crippen molar-refractivity contribution in [2.45, 2.75) is 6.42 Å². The molecule has 0 unspecified atom stereocenters. The first kappa shape index (κ1) is 12.0. The zero-order chi connectivity index (χ0) is 11.3. The lowest BCUT2D eigenvalue weighted by Gasteiger charge is -2.04. The highest BCUT2D eigenvalue weighted by molar-refractivity contribution is 14.1. The van der Waals surface area contributed by atoms with Crippen LogP contribution in [0.4, 0.5) is 0 Å². The summed E-state index contributed by atoms with van der Waals surface area (Å²) in [5.74, 6) is -0.0458. The molecular formula is C11H12INO2. The molecule has 0 aromatic heterocycles. The average Bonchev–Trinajstić information content (AvgIpc) is 2.22. The minimum Gasteiger partial charge on any atom is -0.507 e. The van der Waals surface area contributed by atoms with Gasteiger partial charge in [0.05, 0.1) is 3.57 Å². The normalized spacial score (nSPS) is 9.67. The number of hydrogen-bond donors (Lipinski definition) is 2. The Labute approximate surface area is 102 Å². The second kappa shape index (κ2) is 5.75. The summed E-state index contributed by atoms with van der Waals surface area (Å²) in [4.78, 5) is 11.5. The van der Waals surface area contributed by atoms with Crippen LogP contribution in [0.5, 0.6) is 5.75 Å². The maximum absolute atomic E-state index is 11.5. The number of carbonyl (C=O) groups excluding carboxylic acids is 1. The van der Waals surface area contributed by atoms with E-state index in [2.05, 4.69) is 11.9 Å². The lowest BCUT2D eigenvalue weighted by Crippen LogP contribution is -2.23. The summed E-state index contributed by atoms with van der Waals surface area (Å²) in [6, 6.07) is 4.86. The van der Waals surface area contributed by atoms with E-state index < -0.39 is 0 Å². The highest BCUT2D eigenvalue weighted by Gasteiger charge is 2.06. The van der Waals surface area contributed by atoms with Crippen LogP contribution in [0.3, 0.4) is 0 Å². The van der Waals surface area contributed by atoms with Crippen LogP contribution in [0.2, 0.25) is 0 Å². The Morgan fingerprint density at radius 2 is 2.33 bits per heavy atom. The first-order chi connectivity index (χ1) is 7.15. The largest absolute Gasteiger partial charge is 0.507 e. The van der Waals surface area contributed by atoms with Gasteiger partial charge in [-0.15, -0.1) is 6.58 Å². The third-order valence-electron chi connectivity index (χ3n) is 1.84. The molecule has 80 valence electrons. The Bertz CT molecular complexity index is 377. The van der Waals surface area contributed by atoms with Gasteiger partial charge in [0.1, 0.15) is 5.75 Å². The third kappa shape index (κ3) is 3.54. The molecule has 0 bridgehead atoms. The van der Waals surface area contributed by atoms with Gasteiger partial charge < -0.3 is 10.4 Å². The van der Waals surface area contributed by atoms with E-state index in [0.717, 1.165) is 9.99 Å². The molecule has 4 heteroatoms. The fourth-order valence-electron chi connectivity index (χ4n) is 1.04. The van der Waals surface area contributed by atoms with Crippen molar-refractivity contribution in [1.82, 2.24) is 5.32 Å². The SMILES string of the molecule is C=CCCNC(=O)c1ccc(I)c(O)c1. The van der Waals surface area contributed by atoms with E-state index in [-0.39, 0.29) is 11.7 Å². The molecule has 3 nitrogen and oxygen atoms in total. The smallest absolute Gasteiger partial charge is 0.251 e. The molecule has 0 atom stereocenters. The maximum Gasteiger partial charge on any atom is 0.251 e. The molecule has 1 amide bonds. The van der Waals surface area contributed by atoms with Gasteiger partial charge in [-0.25, -0.2) is 0 Å². The van der Waals surface area contributed by atoms with Gasteiger partial charge in [-0.3, -0.25) is 4.79 Å². The summed E-state index contributed by atoms with van der Waals surface area (Å²) < 4.78 is 0.732. The zero-order valence-corrected chi connectivity index (χ0v) is 10.3. The fraction of sp³-hybridized carbons (Fsp3) is 0.182. The molecule has 15 heavy (non-hydrogen) atoms. The number of carbonyl (C=O) groups is 1. The summed E-state index contributed by atoms with van der Waals surface area (Å²) in [6.45, 7) is 4.13. The fourth-order valence-corrected chi connectivity index (χ4v) is 1.38. The molecular weight excluding hydrogens is 305 g/mol. The van der Waals surface area contributed by atoms with E-state index in [4.69, 9.17) is 0 Å². The molecule has 0 spiro atoms. The van der Waals surface area contributed by atoms with Crippen molar-refractivity contribution in [1.29, 1.82) is 0 Å². The predicted molar refractivity (Wildman–Crippen MR) is 68.0 cm³/mol. The van der Waals surface area contributed by atoms with Crippen LogP contribution in [0.1, 0.15) is 16.8 Å². The molecule has 2 N–H and O–H groups in total. The van der Waals surface area contributed by atoms with Gasteiger partial charge in [-0.05, 0) is 47.2 Å². The van der Waals surface area contributed by atoms with Gasteiger partial charge >= 0.3 is 0 Å². The number of halogens is 1. The van der Waals surface area contributed by atoms with E-state index in [9.17, 15) is 9.90 Å². The number of nitrogens with one attached hydrogen (secondary N) is 1. The summed E-state index contributed by atoms with van der Waals surface area (Å²) in [5.41, 5.74) is 0.469. The van der Waals surface area contributed by atoms with Gasteiger partial charge in [-0.1, -0.05) is 6.08 Å². The Hall–Kier alpha value is -1.04. The highest BCUT2D eigenvalue weighted by Crippen LogP contribution is 2.20. The van der Waals surface area contributed by atoms with Gasteiger partial charge in [0.25, 0.3) is 5.91 Å². The van der Waals surface area contributed by atoms with Gasteiger partial charge in [-0.2, -0.15) is 0 Å². The van der Waals surface area contributed by atoms with Crippen molar-refractivity contribution in [3.8, 4) is 5.75 Å². The van der Waals surface area contributed by atoms with Gasteiger partial charge in [0, 0.05) is 12.1 Å². The monoisotopic (exact) mass is 317 g/mol. The summed E-state index contributed by atoms with van der Waals surface area (Å²) in [5, 5.41) is 12.1. The van der Waals surface area contributed by atoms with Crippen molar-refractivity contribution < 1.29 is 9.90 Å². The van der Waals surface area contributed by atoms with Crippen LogP contribution < -0.4 is 5.32 Å². The van der Waals surface area contributed by atoms with E-state index in [1.54, 1.807) is 18.2 Å². The second-order valence-electron chi connectivity index (χ2n) is 3.00. The molecule has 0 aliphatic heterocycles. The number of benzene rings is 1. The quantitative estimate of drug-likeness (QED) is 0.509. The summed E-state index contributed by atoms with van der Waals surface area (Å²) in [6.07, 6.45) is 2.48. The number of hydrogen-bond acceptors (Lipinski definition) is 2. The number of phenolic OH excluding ortho intramolecular Hbond substituents is 1. The standard InChI is InChI=1S/C11H12INO2/c1-2-3-6-13-11(15)8-4-5-9(12)10(14)7-8/h2,4-5,7,14H,1,3,6H2,(H,13,15). The van der Waals surface area contributed by atoms with Crippen molar-refractivity contribution in [2.75, 3.05) is 6.54 Å². The Morgan fingerprint density at radius 1 is 1.60 bits per heavy atom. The van der Waals surface area contributed by atoms with Crippen molar-refractivity contribution in [3.05, 3.63) is 40.0 Å². The van der Waals surface area contributed by atoms with E-state index >= 15 is 0 Å². The van der Waals surface area contributed by atoms with E-state index in [1.165, 1.54) is 6.07 Å². The van der Waals surface area contributed by atoms with Gasteiger partial charge in [0.15, 0.2) is 0 Å². The Morgan fingerprint density at radius 3 is 2.93 bits per heavy atom. The Balaban J connectivity index is 2.65. The van der Waals surface area contributed by atoms with E-state index in [1.807, 2.05) is 22.6 Å². The molecule has 0 saturated heterocycles. The average molecular weight is 317 g/mol. The van der Waals surface area contributed by atoms with Crippen LogP contribution in [0, 0.1) is 3.57 Å². The van der Waals surface area contributed by atoms with Crippen LogP contribution in [-0.2, 0) is 0 Å². The van der Waals surface area contributed by atoms with Crippen LogP contribution >= 0.6 is 22.6 Å². The van der Waals surface area contributed by atoms with Crippen LogP contribution in [-0.4, -0.2) is 17.6 Å². The zero-order valence-electron chi connectivity index (χ0n) is 8.16. The number of amides is 1. The van der Waals surface area contributed by atoms with Crippen LogP contribution in [0.15, 0.2) is 30.9 Å². The van der Waals surface area contributed by atoms with Crippen molar-refractivity contribution in [2.24, 2.45) is 0 Å². The topological polar surface area (TPSA) is 49.3 Å². The van der Waals surface area contributed by atoms with Crippen LogP contribution in [0.25, 0.3) is 0 Å². The first-order valence-electron chi connectivity index (χ1n) is 4.52. The molecule has 0 fully saturated rings. The predicted octanol–water partition coefficient (Wildman–Crippen LogP) is 2.30. The minimum atomic E-state index is -0.177. The minimum absolute atomic E-state index is 0.131. The molecule has 1 rings (SSSR count). The number of rotatable bonds is 4. The number of phenols is 1. The van der Waals surface area contributed by atoms with Crippen molar-refractivity contribution >= 4 is 28.5 Å². The Kier molecular flexibility index (Phi) is 4.61. The highest BCUT2D eigenvalue weighted by atomic mass is 127. The van der Waals surface area contributed by atoms with E-state index in [0.29, 0.717) is 12.1 Å². The molecule has 0 radical (unpaired) electrons. The number of aromatic hydroxyl groups is 1. The lowest BCUT2D eigenvalue weighted by molar-refractivity contribution is 0.0954. The first-order valence-corrected chi connectivity index (χ1v) is 5.60. The molecule has 0 saturated carbocycles. The maximum atomic E-state index is 11.5. The summed E-state index contributed by atoms with van der Waals surface area (Å²) in [7, 11) is 0. The second-order valence-corrected chi connectivity index (χ2v) is 4.16. The molecule has 1 aromatic rings. The third-order valence-corrected chi connectivity index (χ3v) is 2.75. The lowest BCUT2D eigenvalue weighted by atomic mass is 10.2. The molecule has 0 aliphatic carbocycles. The van der Waals surface area contributed by atoms with Gasteiger partial charge in [0.2, 0.25) is 0 Å². The summed E-state index contributed by atoms with van der Waals surface area (Å²) >= 11 is 2.00.